The summed E-state index contributed by atoms with van der Waals surface area (Å²) in [4.78, 5) is 13.5. The highest BCUT2D eigenvalue weighted by molar-refractivity contribution is 5.85. The molecule has 1 saturated heterocycles. The van der Waals surface area contributed by atoms with Gasteiger partial charge in [0.2, 0.25) is 5.60 Å². The summed E-state index contributed by atoms with van der Waals surface area (Å²) >= 11 is 0. The van der Waals surface area contributed by atoms with Crippen molar-refractivity contribution in [3.8, 4) is 5.75 Å². The van der Waals surface area contributed by atoms with Crippen molar-refractivity contribution in [3.63, 3.8) is 0 Å². The summed E-state index contributed by atoms with van der Waals surface area (Å²) in [5.74, 6) is 0.231. The van der Waals surface area contributed by atoms with Gasteiger partial charge < -0.3 is 36.0 Å². The first-order valence-corrected chi connectivity index (χ1v) is 12.0. The monoisotopic (exact) mass is 539 g/mol. The Morgan fingerprint density at radius 1 is 0.971 bits per heavy atom. The molecule has 3 atom stereocenters. The number of likely N-dealkylation sites (N-methyl/N-ethyl adjacent to an activating group) is 1. The zero-order chi connectivity index (χ0) is 24.0. The number of rotatable bonds is 8. The minimum Gasteiger partial charge on any atom is -1.00 e. The largest absolute Gasteiger partial charge is 1.00 e. The average Bonchev–Trinajstić information content (AvgIpc) is 2.85. The van der Waals surface area contributed by atoms with Crippen LogP contribution in [0, 0.1) is 0 Å². The number of hydrogen-bond donors (Lipinski definition) is 1. The van der Waals surface area contributed by atoms with Crippen molar-refractivity contribution >= 4 is 5.97 Å². The summed E-state index contributed by atoms with van der Waals surface area (Å²) in [6, 6.07) is 27.9. The molecule has 0 radical (unpaired) electrons. The molecule has 1 aliphatic heterocycles. The molecule has 0 aromatic heterocycles. The Labute approximate surface area is 218 Å². The van der Waals surface area contributed by atoms with Gasteiger partial charge in [-0.15, -0.1) is 0 Å². The molecule has 0 spiro atoms. The van der Waals surface area contributed by atoms with Crippen LogP contribution >= 0.6 is 0 Å². The number of ether oxygens (including phenoxy) is 2. The van der Waals surface area contributed by atoms with Gasteiger partial charge in [0.1, 0.15) is 24.9 Å². The molecule has 3 aromatic rings. The molecule has 1 heterocycles. The number of carbonyl (C=O) groups is 1. The second kappa shape index (κ2) is 11.8. The summed E-state index contributed by atoms with van der Waals surface area (Å²) in [5.41, 5.74) is -0.846. The summed E-state index contributed by atoms with van der Waals surface area (Å²) in [7, 11) is 2.19. The highest BCUT2D eigenvalue weighted by Crippen LogP contribution is 2.32. The van der Waals surface area contributed by atoms with E-state index in [-0.39, 0.29) is 29.2 Å². The van der Waals surface area contributed by atoms with Gasteiger partial charge in [0, 0.05) is 6.42 Å². The van der Waals surface area contributed by atoms with Crippen LogP contribution < -0.4 is 21.7 Å². The van der Waals surface area contributed by atoms with Gasteiger partial charge in [0.15, 0.2) is 6.10 Å². The summed E-state index contributed by atoms with van der Waals surface area (Å²) in [5, 5.41) is 11.7. The van der Waals surface area contributed by atoms with Crippen LogP contribution in [0.15, 0.2) is 91.0 Å². The lowest BCUT2D eigenvalue weighted by atomic mass is 9.86. The van der Waals surface area contributed by atoms with Crippen LogP contribution in [0.2, 0.25) is 0 Å². The maximum atomic E-state index is 13.5. The number of para-hydroxylation sites is 1. The number of likely N-dealkylation sites (tertiary alicyclic amines) is 1. The first-order valence-electron chi connectivity index (χ1n) is 12.0. The highest BCUT2D eigenvalue weighted by Gasteiger charge is 2.44. The van der Waals surface area contributed by atoms with Crippen molar-refractivity contribution in [2.45, 2.75) is 37.6 Å². The zero-order valence-electron chi connectivity index (χ0n) is 20.3. The van der Waals surface area contributed by atoms with Gasteiger partial charge in [0.25, 0.3) is 0 Å². The van der Waals surface area contributed by atoms with Crippen LogP contribution in [-0.4, -0.2) is 54.4 Å². The third-order valence-corrected chi connectivity index (χ3v) is 6.60. The van der Waals surface area contributed by atoms with Crippen LogP contribution in [0.1, 0.15) is 30.9 Å². The number of carbonyl (C=O) groups excluding carboxylic acids is 1. The van der Waals surface area contributed by atoms with E-state index in [1.54, 1.807) is 24.3 Å². The number of quaternary nitrogens is 1. The molecule has 4 rings (SSSR count). The minimum absolute atomic E-state index is 0. The first-order chi connectivity index (χ1) is 16.4. The number of halogens is 1. The fraction of sp³-hybridized carbons (Fsp3) is 0.345. The molecule has 1 N–H and O–H groups in total. The second-order valence-electron chi connectivity index (χ2n) is 9.56. The Balaban J connectivity index is 0.00000342. The van der Waals surface area contributed by atoms with Gasteiger partial charge in [-0.05, 0) is 36.6 Å². The van der Waals surface area contributed by atoms with E-state index < -0.39 is 11.6 Å². The molecular weight excluding hydrogens is 506 g/mol. The standard InChI is InChI=1S/C29H34NO4.BrH/c1-23(33-26-17-10-5-11-18-26)21-30(2)20-12-19-27(22-30)34-28(31)29(32,24-13-6-3-7-14-24)25-15-8-4-9-16-25;/h3-11,13-18,23,27,32H,12,19-22H2,1-2H3;1H/q+1;/p-1/t23?,27-,30?;/m1./s1. The van der Waals surface area contributed by atoms with Crippen molar-refractivity contribution in [1.29, 1.82) is 0 Å². The predicted octanol–water partition coefficient (Wildman–Crippen LogP) is 1.55. The van der Waals surface area contributed by atoms with Crippen molar-refractivity contribution in [1.82, 2.24) is 0 Å². The minimum atomic E-state index is -1.85. The smallest absolute Gasteiger partial charge is 0.348 e. The fourth-order valence-corrected chi connectivity index (χ4v) is 5.02. The Kier molecular flexibility index (Phi) is 9.11. The maximum Gasteiger partial charge on any atom is 0.348 e. The number of nitrogens with zero attached hydrogens (tertiary/aromatic N) is 1. The second-order valence-corrected chi connectivity index (χ2v) is 9.56. The molecule has 186 valence electrons. The van der Waals surface area contributed by atoms with E-state index in [4.69, 9.17) is 9.47 Å². The van der Waals surface area contributed by atoms with Crippen molar-refractivity contribution < 1.29 is 40.8 Å². The summed E-state index contributed by atoms with van der Waals surface area (Å²) in [6.07, 6.45) is 1.48. The lowest BCUT2D eigenvalue weighted by Crippen LogP contribution is -3.00. The molecule has 5 nitrogen and oxygen atoms in total. The number of hydrogen-bond acceptors (Lipinski definition) is 4. The van der Waals surface area contributed by atoms with E-state index in [2.05, 4.69) is 14.0 Å². The maximum absolute atomic E-state index is 13.5. The van der Waals surface area contributed by atoms with Crippen LogP contribution in [-0.2, 0) is 15.1 Å². The van der Waals surface area contributed by atoms with Crippen molar-refractivity contribution in [2.24, 2.45) is 0 Å². The Morgan fingerprint density at radius 3 is 2.03 bits per heavy atom. The quantitative estimate of drug-likeness (QED) is 0.348. The van der Waals surface area contributed by atoms with E-state index >= 15 is 0 Å². The summed E-state index contributed by atoms with van der Waals surface area (Å²) in [6.45, 7) is 4.58. The SMILES string of the molecule is CC(C[N+]1(C)CCC[C@@H](OC(=O)C(O)(c2ccccc2)c2ccccc2)C1)Oc1ccccc1.[Br-]. The van der Waals surface area contributed by atoms with Gasteiger partial charge in [-0.3, -0.25) is 0 Å². The number of esters is 1. The third kappa shape index (κ3) is 6.51. The van der Waals surface area contributed by atoms with Gasteiger partial charge in [-0.1, -0.05) is 78.9 Å². The number of piperidine rings is 1. The molecule has 0 amide bonds. The first kappa shape index (κ1) is 26.9. The van der Waals surface area contributed by atoms with Crippen LogP contribution in [0.3, 0.4) is 0 Å². The van der Waals surface area contributed by atoms with Crippen molar-refractivity contribution in [2.75, 3.05) is 26.7 Å². The topological polar surface area (TPSA) is 55.8 Å². The third-order valence-electron chi connectivity index (χ3n) is 6.60. The van der Waals surface area contributed by atoms with E-state index in [0.717, 1.165) is 36.2 Å². The Morgan fingerprint density at radius 2 is 1.49 bits per heavy atom. The molecule has 6 heteroatoms. The lowest BCUT2D eigenvalue weighted by molar-refractivity contribution is -0.919. The van der Waals surface area contributed by atoms with Crippen LogP contribution in [0.25, 0.3) is 0 Å². The number of benzene rings is 3. The molecule has 1 aliphatic rings. The van der Waals surface area contributed by atoms with Gasteiger partial charge in [-0.25, -0.2) is 4.79 Å². The Bertz CT molecular complexity index is 1020. The normalized spacial score (nSPS) is 20.8. The van der Waals surface area contributed by atoms with Gasteiger partial charge >= 0.3 is 5.97 Å². The number of aliphatic hydroxyl groups is 1. The molecular formula is C29H34BrNO4. The zero-order valence-corrected chi connectivity index (χ0v) is 21.9. The average molecular weight is 540 g/mol. The van der Waals surface area contributed by atoms with E-state index in [0.29, 0.717) is 17.7 Å². The van der Waals surface area contributed by atoms with Crippen LogP contribution in [0.4, 0.5) is 0 Å². The van der Waals surface area contributed by atoms with E-state index in [1.165, 1.54) is 0 Å². The van der Waals surface area contributed by atoms with Crippen LogP contribution in [0.5, 0.6) is 5.75 Å². The van der Waals surface area contributed by atoms with E-state index in [9.17, 15) is 9.90 Å². The van der Waals surface area contributed by atoms with Crippen molar-refractivity contribution in [3.05, 3.63) is 102 Å². The lowest BCUT2D eigenvalue weighted by Gasteiger charge is -2.42. The van der Waals surface area contributed by atoms with E-state index in [1.807, 2.05) is 66.7 Å². The molecule has 35 heavy (non-hydrogen) atoms. The molecule has 0 aliphatic carbocycles. The van der Waals surface area contributed by atoms with Gasteiger partial charge in [-0.2, -0.15) is 0 Å². The molecule has 1 fully saturated rings. The fourth-order valence-electron chi connectivity index (χ4n) is 5.02. The molecule has 0 saturated carbocycles. The Hall–Kier alpha value is -2.67. The molecule has 2 unspecified atom stereocenters. The molecule has 3 aromatic carbocycles. The highest BCUT2D eigenvalue weighted by atomic mass is 79.9. The summed E-state index contributed by atoms with van der Waals surface area (Å²) < 4.78 is 12.9. The molecule has 0 bridgehead atoms. The predicted molar refractivity (Wildman–Crippen MR) is 132 cm³/mol. The van der Waals surface area contributed by atoms with Gasteiger partial charge in [0.05, 0.1) is 13.6 Å².